The molecule has 0 aliphatic carbocycles. The number of anilines is 4. The molecule has 192 valence electrons. The average Bonchev–Trinajstić information content (AvgIpc) is 2.85. The molecule has 4 aromatic rings. The Morgan fingerprint density at radius 2 is 1.95 bits per heavy atom. The van der Waals surface area contributed by atoms with Gasteiger partial charge in [-0.15, -0.1) is 5.11 Å². The highest BCUT2D eigenvalue weighted by Gasteiger charge is 2.23. The van der Waals surface area contributed by atoms with Crippen LogP contribution in [0.4, 0.5) is 23.0 Å². The number of hydrogen-bond acceptors (Lipinski definition) is 9. The lowest BCUT2D eigenvalue weighted by Crippen LogP contribution is -2.41. The number of carbonyl (C=O) groups excluding carboxylic acids is 1. The zero-order valence-electron chi connectivity index (χ0n) is 21.1. The van der Waals surface area contributed by atoms with Crippen LogP contribution >= 0.6 is 22.9 Å². The van der Waals surface area contributed by atoms with Gasteiger partial charge in [-0.25, -0.2) is 14.8 Å². The van der Waals surface area contributed by atoms with E-state index in [1.165, 1.54) is 23.2 Å². The number of amides is 1. The van der Waals surface area contributed by atoms with E-state index in [0.717, 1.165) is 5.56 Å². The fraction of sp³-hybridized carbons (Fsp3) is 0.208. The second kappa shape index (κ2) is 11.2. The van der Waals surface area contributed by atoms with Gasteiger partial charge in [0.15, 0.2) is 11.9 Å². The fourth-order valence-corrected chi connectivity index (χ4v) is 4.50. The van der Waals surface area contributed by atoms with Crippen molar-refractivity contribution in [3.8, 4) is 11.4 Å². The fourth-order valence-electron chi connectivity index (χ4n) is 3.73. The number of aromatic nitrogens is 4. The smallest absolute Gasteiger partial charge is 0.354 e. The Morgan fingerprint density at radius 3 is 2.64 bits per heavy atom. The van der Waals surface area contributed by atoms with Crippen LogP contribution in [-0.2, 0) is 4.79 Å². The van der Waals surface area contributed by atoms with Gasteiger partial charge in [0.05, 0.1) is 68.7 Å². The van der Waals surface area contributed by atoms with Gasteiger partial charge in [0, 0.05) is 18.4 Å². The third-order valence-electron chi connectivity index (χ3n) is 5.56. The number of nitrogen functional groups attached to an aromatic ring is 2. The molecule has 0 aliphatic heterocycles. The van der Waals surface area contributed by atoms with Crippen LogP contribution < -0.4 is 30.3 Å². The maximum atomic E-state index is 12.7. The van der Waals surface area contributed by atoms with Crippen molar-refractivity contribution in [3.05, 3.63) is 65.0 Å². The monoisotopic (exact) mass is 630 g/mol. The molecule has 2 aromatic heterocycles. The number of nitrogens with one attached hydrogen (secondary N) is 1. The predicted octanol–water partition coefficient (Wildman–Crippen LogP) is 1.60. The van der Waals surface area contributed by atoms with Crippen LogP contribution in [0.25, 0.3) is 16.6 Å². The lowest BCUT2D eigenvalue weighted by Gasteiger charge is -2.25. The van der Waals surface area contributed by atoms with Gasteiger partial charge in [-0.2, -0.15) is 4.98 Å². The molecule has 0 spiro atoms. The first-order valence-corrected chi connectivity index (χ1v) is 12.6. The van der Waals surface area contributed by atoms with Crippen molar-refractivity contribution < 1.29 is 9.53 Å². The Morgan fingerprint density at radius 1 is 1.21 bits per heavy atom. The summed E-state index contributed by atoms with van der Waals surface area (Å²) in [4.78, 5) is 38.0. The van der Waals surface area contributed by atoms with Gasteiger partial charge in [0.1, 0.15) is 17.9 Å². The maximum absolute atomic E-state index is 12.7. The first-order valence-electron chi connectivity index (χ1n) is 11.6. The summed E-state index contributed by atoms with van der Waals surface area (Å²) >= 11 is 2.07. The van der Waals surface area contributed by atoms with Crippen molar-refractivity contribution in [1.82, 2.24) is 24.8 Å². The Labute approximate surface area is 242 Å². The summed E-state index contributed by atoms with van der Waals surface area (Å²) in [5.41, 5.74) is 14.0. The summed E-state index contributed by atoms with van der Waals surface area (Å²) in [5, 5.41) is 1.54. The van der Waals surface area contributed by atoms with E-state index < -0.39 is 22.8 Å². The molecule has 1 amide bonds. The zero-order chi connectivity index (χ0) is 28.5. The number of nitrogens with zero attached hydrogens (tertiary/aromatic N) is 5. The molecule has 4 rings (SSSR count). The number of halogens is 1. The van der Waals surface area contributed by atoms with Crippen LogP contribution in [0.15, 0.2) is 53.7 Å². The van der Waals surface area contributed by atoms with E-state index in [9.17, 15) is 9.59 Å². The Kier molecular flexibility index (Phi) is 8.09. The zero-order valence-corrected chi connectivity index (χ0v) is 23.3. The third-order valence-corrected chi connectivity index (χ3v) is 6.54. The van der Waals surface area contributed by atoms with E-state index in [2.05, 4.69) is 43.1 Å². The molecule has 0 saturated heterocycles. The van der Waals surface area contributed by atoms with Gasteiger partial charge in [0.25, 0.3) is 5.91 Å². The lowest BCUT2D eigenvalue weighted by molar-refractivity contribution is -0.127. The first-order chi connectivity index (χ1) is 18.3. The van der Waals surface area contributed by atoms with E-state index >= 15 is 0 Å². The minimum absolute atomic E-state index is 0.0890. The van der Waals surface area contributed by atoms with E-state index in [0.29, 0.717) is 39.5 Å². The highest BCUT2D eigenvalue weighted by atomic mass is 127. The molecule has 39 heavy (non-hydrogen) atoms. The molecule has 0 aliphatic rings. The van der Waals surface area contributed by atoms with Crippen LogP contribution in [0.2, 0.25) is 5.11 Å². The van der Waals surface area contributed by atoms with Gasteiger partial charge in [-0.05, 0) is 49.7 Å². The molecular weight excluding hydrogens is 608 g/mol. The van der Waals surface area contributed by atoms with Crippen molar-refractivity contribution in [2.75, 3.05) is 21.1 Å². The number of rotatable bonds is 8. The van der Waals surface area contributed by atoms with Crippen LogP contribution in [0.3, 0.4) is 0 Å². The van der Waals surface area contributed by atoms with Crippen LogP contribution in [0.1, 0.15) is 12.5 Å². The topological polar surface area (TPSA) is 154 Å². The standard InChI is InChI=1S/C24H22B3IN8O3/c1-12-3-4-16(18(7-12)39-13(2)22(37)31-10-24(25,26)27)36(28)21-20-15(32-11-33-21)8-14(29)9-17(20)35-6-5-19(30)34-23(35)38/h3-9,11,13H,10,29H2,1-2H3,(H,31,37)(H2,30,34,38)/t13-/m1/s1. The molecule has 2 heterocycles. The maximum Gasteiger partial charge on any atom is 0.354 e. The van der Waals surface area contributed by atoms with Crippen molar-refractivity contribution in [3.63, 3.8) is 0 Å². The summed E-state index contributed by atoms with van der Waals surface area (Å²) in [7, 11) is 16.7. The van der Waals surface area contributed by atoms with E-state index in [1.54, 1.807) is 28.2 Å². The van der Waals surface area contributed by atoms with Crippen molar-refractivity contribution in [1.29, 1.82) is 0 Å². The third kappa shape index (κ3) is 6.46. The number of carbonyl (C=O) groups is 1. The second-order valence-corrected chi connectivity index (χ2v) is 9.94. The molecule has 0 bridgehead atoms. The Bertz CT molecular complexity index is 1610. The molecule has 0 unspecified atom stereocenters. The number of nitrogens with two attached hydrogens (primary N) is 2. The van der Waals surface area contributed by atoms with Gasteiger partial charge in [-0.1, -0.05) is 6.07 Å². The van der Waals surface area contributed by atoms with Crippen molar-refractivity contribution >= 4 is 86.2 Å². The van der Waals surface area contributed by atoms with Gasteiger partial charge >= 0.3 is 5.69 Å². The molecule has 0 saturated carbocycles. The number of fused-ring (bicyclic) bond motifs is 1. The van der Waals surface area contributed by atoms with Crippen LogP contribution in [-0.4, -0.2) is 61.6 Å². The number of aryl methyl sites for hydroxylation is 1. The first kappa shape index (κ1) is 28.3. The molecule has 6 radical (unpaired) electrons. The molecule has 15 heteroatoms. The molecule has 5 N–H and O–H groups in total. The summed E-state index contributed by atoms with van der Waals surface area (Å²) < 4.78 is 9.11. The normalized spacial score (nSPS) is 12.2. The van der Waals surface area contributed by atoms with E-state index in [1.807, 2.05) is 19.1 Å². The SMILES string of the molecule is [B]C([B])([B])CNC(=O)[C@@H](C)Oc1cc(C)ccc1N(I)c1ncnc2cc(N)cc(-n3ccc(N)nc3=O)c12. The van der Waals surface area contributed by atoms with Crippen LogP contribution in [0, 0.1) is 6.92 Å². The highest BCUT2D eigenvalue weighted by molar-refractivity contribution is 14.1. The number of benzene rings is 2. The summed E-state index contributed by atoms with van der Waals surface area (Å²) in [6, 6.07) is 10.3. The second-order valence-electron chi connectivity index (χ2n) is 8.98. The minimum Gasteiger partial charge on any atom is -0.479 e. The molecule has 2 aromatic carbocycles. The highest BCUT2D eigenvalue weighted by Crippen LogP contribution is 2.41. The Hall–Kier alpha value is -3.75. The molecule has 0 fully saturated rings. The molecular formula is C24H22B3IN8O3. The quantitative estimate of drug-likeness (QED) is 0.114. The van der Waals surface area contributed by atoms with Gasteiger partial charge in [-0.3, -0.25) is 12.5 Å². The minimum atomic E-state index is -1.56. The average molecular weight is 630 g/mol. The molecule has 11 nitrogen and oxygen atoms in total. The summed E-state index contributed by atoms with van der Waals surface area (Å²) in [6.07, 6.45) is 1.99. The van der Waals surface area contributed by atoms with Gasteiger partial charge < -0.3 is 21.5 Å². The number of ether oxygens (including phenoxy) is 1. The lowest BCUT2D eigenvalue weighted by atomic mass is 9.43. The predicted molar refractivity (Wildman–Crippen MR) is 162 cm³/mol. The van der Waals surface area contributed by atoms with Crippen molar-refractivity contribution in [2.24, 2.45) is 0 Å². The van der Waals surface area contributed by atoms with E-state index in [-0.39, 0.29) is 12.4 Å². The molecule has 1 atom stereocenters. The largest absolute Gasteiger partial charge is 0.479 e. The van der Waals surface area contributed by atoms with Gasteiger partial charge in [0.2, 0.25) is 0 Å². The summed E-state index contributed by atoms with van der Waals surface area (Å²) in [5.74, 6) is 0.478. The van der Waals surface area contributed by atoms with Crippen molar-refractivity contribution in [2.45, 2.75) is 25.1 Å². The van der Waals surface area contributed by atoms with Crippen LogP contribution in [0.5, 0.6) is 5.75 Å². The number of hydrogen-bond donors (Lipinski definition) is 3. The summed E-state index contributed by atoms with van der Waals surface area (Å²) in [6.45, 7) is 3.34. The Balaban J connectivity index is 1.79. The van der Waals surface area contributed by atoms with E-state index in [4.69, 9.17) is 39.7 Å².